The standard InChI is InChI=1S/C14H23N5O9S/c15-5(4-29)11(24)17-6(1-9(16)21)12(25)19-8(3-20)13(26)18-7(14(27)28)2-10(22)23/h5-8,20,29H,1-4,15H2,(H2,16,21)(H,17,24)(H,18,26)(H,19,25)(H,22,23)(H,27,28). The van der Waals surface area contributed by atoms with Gasteiger partial charge >= 0.3 is 11.9 Å². The first-order valence-corrected chi connectivity index (χ1v) is 8.67. The minimum absolute atomic E-state index is 0.0709. The molecule has 29 heavy (non-hydrogen) atoms. The Hall–Kier alpha value is -2.91. The van der Waals surface area contributed by atoms with Gasteiger partial charge in [-0.25, -0.2) is 4.79 Å². The average Bonchev–Trinajstić information content (AvgIpc) is 2.62. The van der Waals surface area contributed by atoms with Gasteiger partial charge in [-0.1, -0.05) is 0 Å². The van der Waals surface area contributed by atoms with Crippen LogP contribution in [0.4, 0.5) is 0 Å². The Kier molecular flexibility index (Phi) is 11.3. The number of carboxylic acid groups (broad SMARTS) is 2. The van der Waals surface area contributed by atoms with Crippen molar-refractivity contribution in [1.29, 1.82) is 0 Å². The van der Waals surface area contributed by atoms with Gasteiger partial charge in [0.05, 0.1) is 25.5 Å². The molecule has 0 saturated heterocycles. The maximum atomic E-state index is 12.3. The van der Waals surface area contributed by atoms with E-state index in [-0.39, 0.29) is 5.75 Å². The van der Waals surface area contributed by atoms with Gasteiger partial charge in [-0.15, -0.1) is 0 Å². The topological polar surface area (TPSA) is 251 Å². The van der Waals surface area contributed by atoms with Gasteiger partial charge in [0, 0.05) is 5.75 Å². The third-order valence-corrected chi connectivity index (χ3v) is 3.77. The zero-order valence-corrected chi connectivity index (χ0v) is 15.9. The first kappa shape index (κ1) is 26.1. The van der Waals surface area contributed by atoms with Gasteiger partial charge in [0.1, 0.15) is 18.1 Å². The number of nitrogens with one attached hydrogen (secondary N) is 3. The number of primary amides is 1. The lowest BCUT2D eigenvalue weighted by atomic mass is 10.1. The molecule has 0 spiro atoms. The normalized spacial score (nSPS) is 14.6. The molecule has 0 saturated carbocycles. The SMILES string of the molecule is NC(=O)CC(NC(=O)C(N)CS)C(=O)NC(CO)C(=O)NC(CC(=O)O)C(=O)O. The minimum atomic E-state index is -1.82. The summed E-state index contributed by atoms with van der Waals surface area (Å²) in [6.07, 6.45) is -1.61. The molecule has 4 atom stereocenters. The molecule has 164 valence electrons. The summed E-state index contributed by atoms with van der Waals surface area (Å²) < 4.78 is 0. The lowest BCUT2D eigenvalue weighted by Gasteiger charge is -2.23. The van der Waals surface area contributed by atoms with Crippen molar-refractivity contribution in [1.82, 2.24) is 16.0 Å². The predicted octanol–water partition coefficient (Wildman–Crippen LogP) is -4.88. The molecule has 15 heteroatoms. The maximum absolute atomic E-state index is 12.3. The average molecular weight is 437 g/mol. The number of thiol groups is 1. The molecule has 0 bridgehead atoms. The lowest BCUT2D eigenvalue weighted by Crippen LogP contribution is -2.58. The highest BCUT2D eigenvalue weighted by molar-refractivity contribution is 7.80. The molecule has 0 aromatic rings. The largest absolute Gasteiger partial charge is 0.481 e. The van der Waals surface area contributed by atoms with Crippen LogP contribution in [0.2, 0.25) is 0 Å². The van der Waals surface area contributed by atoms with Crippen LogP contribution in [0.1, 0.15) is 12.8 Å². The van der Waals surface area contributed by atoms with E-state index in [0.717, 1.165) is 0 Å². The number of carboxylic acids is 2. The molecule has 0 aromatic carbocycles. The Bertz CT molecular complexity index is 659. The first-order valence-electron chi connectivity index (χ1n) is 8.04. The van der Waals surface area contributed by atoms with Gasteiger partial charge < -0.3 is 42.7 Å². The summed E-state index contributed by atoms with van der Waals surface area (Å²) in [5.41, 5.74) is 10.5. The van der Waals surface area contributed by atoms with E-state index < -0.39 is 79.2 Å². The Labute approximate surface area is 169 Å². The van der Waals surface area contributed by atoms with Gasteiger partial charge in [-0.3, -0.25) is 24.0 Å². The summed E-state index contributed by atoms with van der Waals surface area (Å²) in [6.45, 7) is -0.996. The third kappa shape index (κ3) is 9.72. The van der Waals surface area contributed by atoms with Crippen molar-refractivity contribution in [3.05, 3.63) is 0 Å². The number of hydrogen-bond donors (Lipinski definition) is 9. The highest BCUT2D eigenvalue weighted by atomic mass is 32.1. The van der Waals surface area contributed by atoms with Crippen molar-refractivity contribution in [3.63, 3.8) is 0 Å². The van der Waals surface area contributed by atoms with Crippen LogP contribution in [0.25, 0.3) is 0 Å². The minimum Gasteiger partial charge on any atom is -0.481 e. The highest BCUT2D eigenvalue weighted by Crippen LogP contribution is 1.98. The smallest absolute Gasteiger partial charge is 0.326 e. The van der Waals surface area contributed by atoms with E-state index in [9.17, 15) is 33.9 Å². The van der Waals surface area contributed by atoms with Crippen LogP contribution in [0, 0.1) is 0 Å². The fourth-order valence-electron chi connectivity index (χ4n) is 1.89. The molecule has 4 amide bonds. The summed E-state index contributed by atoms with van der Waals surface area (Å²) in [4.78, 5) is 69.0. The Morgan fingerprint density at radius 1 is 0.828 bits per heavy atom. The molecular weight excluding hydrogens is 414 g/mol. The highest BCUT2D eigenvalue weighted by Gasteiger charge is 2.31. The van der Waals surface area contributed by atoms with E-state index in [1.54, 1.807) is 0 Å². The van der Waals surface area contributed by atoms with Crippen LogP contribution in [0.5, 0.6) is 0 Å². The van der Waals surface area contributed by atoms with E-state index >= 15 is 0 Å². The molecule has 0 rings (SSSR count). The molecule has 10 N–H and O–H groups in total. The fourth-order valence-corrected chi connectivity index (χ4v) is 2.05. The summed E-state index contributed by atoms with van der Waals surface area (Å²) >= 11 is 3.81. The Morgan fingerprint density at radius 2 is 1.31 bits per heavy atom. The van der Waals surface area contributed by atoms with Crippen molar-refractivity contribution in [2.24, 2.45) is 11.5 Å². The molecule has 4 unspecified atom stereocenters. The summed E-state index contributed by atoms with van der Waals surface area (Å²) in [5, 5.41) is 32.9. The number of aliphatic hydroxyl groups excluding tert-OH is 1. The predicted molar refractivity (Wildman–Crippen MR) is 98.4 cm³/mol. The van der Waals surface area contributed by atoms with Crippen LogP contribution in [0.15, 0.2) is 0 Å². The van der Waals surface area contributed by atoms with E-state index in [1.807, 2.05) is 10.6 Å². The number of carbonyl (C=O) groups is 6. The molecule has 0 aromatic heterocycles. The van der Waals surface area contributed by atoms with Crippen LogP contribution in [0.3, 0.4) is 0 Å². The van der Waals surface area contributed by atoms with E-state index in [0.29, 0.717) is 0 Å². The van der Waals surface area contributed by atoms with Gasteiger partial charge in [-0.2, -0.15) is 12.6 Å². The van der Waals surface area contributed by atoms with E-state index in [2.05, 4.69) is 17.9 Å². The van der Waals surface area contributed by atoms with Gasteiger partial charge in [0.25, 0.3) is 0 Å². The first-order chi connectivity index (χ1) is 13.4. The molecule has 0 heterocycles. The number of nitrogens with two attached hydrogens (primary N) is 2. The molecule has 14 nitrogen and oxygen atoms in total. The fraction of sp³-hybridized carbons (Fsp3) is 0.571. The van der Waals surface area contributed by atoms with Crippen LogP contribution < -0.4 is 27.4 Å². The lowest BCUT2D eigenvalue weighted by molar-refractivity contribution is -0.147. The molecular formula is C14H23N5O9S. The monoisotopic (exact) mass is 437 g/mol. The number of aliphatic hydroxyl groups is 1. The summed E-state index contributed by atoms with van der Waals surface area (Å²) in [6, 6.07) is -6.17. The zero-order chi connectivity index (χ0) is 22.7. The van der Waals surface area contributed by atoms with Crippen LogP contribution in [-0.4, -0.2) is 87.4 Å². The van der Waals surface area contributed by atoms with E-state index in [1.165, 1.54) is 0 Å². The number of hydrogen-bond acceptors (Lipinski definition) is 9. The Morgan fingerprint density at radius 3 is 1.72 bits per heavy atom. The van der Waals surface area contributed by atoms with Crippen molar-refractivity contribution in [2.75, 3.05) is 12.4 Å². The number of carbonyl (C=O) groups excluding carboxylic acids is 4. The second-order valence-corrected chi connectivity index (χ2v) is 6.13. The van der Waals surface area contributed by atoms with Gasteiger partial charge in [-0.05, 0) is 0 Å². The second kappa shape index (κ2) is 12.5. The molecule has 0 aliphatic carbocycles. The molecule has 0 aliphatic heterocycles. The maximum Gasteiger partial charge on any atom is 0.326 e. The van der Waals surface area contributed by atoms with Gasteiger partial charge in [0.15, 0.2) is 0 Å². The molecule has 0 radical (unpaired) electrons. The third-order valence-electron chi connectivity index (χ3n) is 3.38. The van der Waals surface area contributed by atoms with Crippen LogP contribution >= 0.6 is 12.6 Å². The van der Waals surface area contributed by atoms with Crippen LogP contribution in [-0.2, 0) is 28.8 Å². The molecule has 0 fully saturated rings. The van der Waals surface area contributed by atoms with Crippen molar-refractivity contribution in [2.45, 2.75) is 37.0 Å². The zero-order valence-electron chi connectivity index (χ0n) is 15.0. The number of rotatable bonds is 13. The molecule has 0 aliphatic rings. The summed E-state index contributed by atoms with van der Waals surface area (Å²) in [7, 11) is 0. The van der Waals surface area contributed by atoms with Crippen molar-refractivity contribution >= 4 is 48.2 Å². The van der Waals surface area contributed by atoms with Crippen molar-refractivity contribution in [3.8, 4) is 0 Å². The Balaban J connectivity index is 5.23. The second-order valence-electron chi connectivity index (χ2n) is 5.76. The quantitative estimate of drug-likeness (QED) is 0.124. The number of amides is 4. The van der Waals surface area contributed by atoms with Crippen molar-refractivity contribution < 1.29 is 44.1 Å². The summed E-state index contributed by atoms with van der Waals surface area (Å²) in [5.74, 6) is -7.33. The van der Waals surface area contributed by atoms with E-state index in [4.69, 9.17) is 21.7 Å². The van der Waals surface area contributed by atoms with Gasteiger partial charge in [0.2, 0.25) is 23.6 Å². The number of aliphatic carboxylic acids is 2.